The zero-order chi connectivity index (χ0) is 12.2. The molecular weight excluding hydrogens is 225 g/mol. The molecule has 0 aliphatic heterocycles. The Hall–Kier alpha value is -0.830. The van der Waals surface area contributed by atoms with Crippen molar-refractivity contribution in [2.75, 3.05) is 5.73 Å². The van der Waals surface area contributed by atoms with Crippen molar-refractivity contribution in [3.63, 3.8) is 0 Å². The first-order valence-electron chi connectivity index (χ1n) is 5.32. The molecule has 0 saturated heterocycles. The largest absolute Gasteiger partial charge is 0.399 e. The molecule has 1 unspecified atom stereocenters. The highest BCUT2D eigenvalue weighted by Gasteiger charge is 2.31. The Labute approximate surface area is 96.4 Å². The summed E-state index contributed by atoms with van der Waals surface area (Å²) in [5, 5.41) is 0. The van der Waals surface area contributed by atoms with E-state index in [1.165, 1.54) is 0 Å². The minimum absolute atomic E-state index is 0.643. The predicted molar refractivity (Wildman–Crippen MR) is 65.4 cm³/mol. The van der Waals surface area contributed by atoms with Crippen molar-refractivity contribution >= 4 is 13.9 Å². The fraction of sp³-hybridized carbons (Fsp3) is 0.455. The highest BCUT2D eigenvalue weighted by Crippen LogP contribution is 2.40. The van der Waals surface area contributed by atoms with Crippen LogP contribution in [0.1, 0.15) is 32.3 Å². The van der Waals surface area contributed by atoms with Gasteiger partial charge in [0.15, 0.2) is 0 Å². The van der Waals surface area contributed by atoms with Crippen LogP contribution in [-0.2, 0) is 14.7 Å². The molecule has 5 heteroatoms. The van der Waals surface area contributed by atoms with Gasteiger partial charge in [0.1, 0.15) is 5.60 Å². The van der Waals surface area contributed by atoms with Crippen LogP contribution in [0.5, 0.6) is 0 Å². The van der Waals surface area contributed by atoms with Crippen molar-refractivity contribution in [3.05, 3.63) is 29.8 Å². The van der Waals surface area contributed by atoms with Gasteiger partial charge >= 0.3 is 8.25 Å². The van der Waals surface area contributed by atoms with Gasteiger partial charge in [-0.25, -0.2) is 0 Å². The second-order valence-corrected chi connectivity index (χ2v) is 4.43. The number of hydrogen-bond donors (Lipinski definition) is 2. The molecule has 0 aromatic heterocycles. The first-order chi connectivity index (χ1) is 7.54. The van der Waals surface area contributed by atoms with E-state index in [1.807, 2.05) is 26.0 Å². The molecule has 90 valence electrons. The molecule has 1 aromatic carbocycles. The first kappa shape index (κ1) is 13.2. The van der Waals surface area contributed by atoms with Crippen molar-refractivity contribution in [2.45, 2.75) is 32.3 Å². The molecule has 0 radical (unpaired) electrons. The van der Waals surface area contributed by atoms with Crippen LogP contribution in [0.4, 0.5) is 5.69 Å². The number of hydrogen-bond acceptors (Lipinski definition) is 3. The summed E-state index contributed by atoms with van der Waals surface area (Å²) in [4.78, 5) is 8.97. The van der Waals surface area contributed by atoms with E-state index in [0.29, 0.717) is 18.5 Å². The predicted octanol–water partition coefficient (Wildman–Crippen LogP) is 2.68. The van der Waals surface area contributed by atoms with Crippen LogP contribution in [0.3, 0.4) is 0 Å². The maximum absolute atomic E-state index is 10.9. The smallest absolute Gasteiger partial charge is 0.317 e. The van der Waals surface area contributed by atoms with Gasteiger partial charge in [0.25, 0.3) is 0 Å². The van der Waals surface area contributed by atoms with Gasteiger partial charge in [0.05, 0.1) is 0 Å². The van der Waals surface area contributed by atoms with Gasteiger partial charge in [-0.3, -0.25) is 9.09 Å². The molecular formula is C11H18NO3P. The van der Waals surface area contributed by atoms with E-state index in [1.54, 1.807) is 12.1 Å². The summed E-state index contributed by atoms with van der Waals surface area (Å²) >= 11 is 0. The van der Waals surface area contributed by atoms with Crippen LogP contribution >= 0.6 is 8.25 Å². The van der Waals surface area contributed by atoms with Crippen molar-refractivity contribution in [1.82, 2.24) is 0 Å². The molecule has 0 amide bonds. The first-order valence-corrected chi connectivity index (χ1v) is 6.58. The van der Waals surface area contributed by atoms with Gasteiger partial charge < -0.3 is 10.6 Å². The number of rotatable bonds is 5. The maximum Gasteiger partial charge on any atom is 0.317 e. The van der Waals surface area contributed by atoms with E-state index in [2.05, 4.69) is 0 Å². The molecule has 1 rings (SSSR count). The number of nitrogen functional groups attached to an aromatic ring is 1. The third-order valence-electron chi connectivity index (χ3n) is 2.86. The lowest BCUT2D eigenvalue weighted by Crippen LogP contribution is -2.25. The summed E-state index contributed by atoms with van der Waals surface area (Å²) < 4.78 is 16.1. The summed E-state index contributed by atoms with van der Waals surface area (Å²) in [5.41, 5.74) is 6.48. The summed E-state index contributed by atoms with van der Waals surface area (Å²) in [6, 6.07) is 7.22. The lowest BCUT2D eigenvalue weighted by atomic mass is 9.88. The Morgan fingerprint density at radius 1 is 1.31 bits per heavy atom. The molecule has 0 aliphatic carbocycles. The Kier molecular flexibility index (Phi) is 4.54. The lowest BCUT2D eigenvalue weighted by Gasteiger charge is -2.30. The topological polar surface area (TPSA) is 72.5 Å². The van der Waals surface area contributed by atoms with E-state index >= 15 is 0 Å². The summed E-state index contributed by atoms with van der Waals surface area (Å²) in [7, 11) is -2.95. The van der Waals surface area contributed by atoms with Crippen molar-refractivity contribution in [3.8, 4) is 0 Å². The van der Waals surface area contributed by atoms with Crippen LogP contribution in [0.15, 0.2) is 24.3 Å². The van der Waals surface area contributed by atoms with Crippen LogP contribution in [0.25, 0.3) is 0 Å². The molecule has 0 bridgehead atoms. The maximum atomic E-state index is 10.9. The normalized spacial score (nSPS) is 13.7. The average Bonchev–Trinajstić information content (AvgIpc) is 2.27. The van der Waals surface area contributed by atoms with E-state index in [-0.39, 0.29) is 0 Å². The standard InChI is InChI=1S/C11H18NO3P/c1-3-11(4-2,15-16(13)14)9-5-7-10(12)8-6-9/h5-8,16H,3-4,12H2,1-2H3,(H,13,14). The number of anilines is 1. The molecule has 16 heavy (non-hydrogen) atoms. The van der Waals surface area contributed by atoms with Gasteiger partial charge in [-0.2, -0.15) is 0 Å². The van der Waals surface area contributed by atoms with Gasteiger partial charge in [0, 0.05) is 5.69 Å². The zero-order valence-electron chi connectivity index (χ0n) is 9.56. The molecule has 0 saturated carbocycles. The van der Waals surface area contributed by atoms with Crippen molar-refractivity contribution in [2.24, 2.45) is 0 Å². The summed E-state index contributed by atoms with van der Waals surface area (Å²) in [6.07, 6.45) is 1.29. The van der Waals surface area contributed by atoms with Crippen molar-refractivity contribution in [1.29, 1.82) is 0 Å². The second-order valence-electron chi connectivity index (χ2n) is 3.69. The number of nitrogens with two attached hydrogens (primary N) is 1. The molecule has 0 heterocycles. The molecule has 0 spiro atoms. The van der Waals surface area contributed by atoms with Gasteiger partial charge in [-0.15, -0.1) is 0 Å². The van der Waals surface area contributed by atoms with Crippen molar-refractivity contribution < 1.29 is 14.0 Å². The van der Waals surface area contributed by atoms with Crippen LogP contribution < -0.4 is 5.73 Å². The summed E-state index contributed by atoms with van der Waals surface area (Å²) in [5.74, 6) is 0. The summed E-state index contributed by atoms with van der Waals surface area (Å²) in [6.45, 7) is 3.87. The lowest BCUT2D eigenvalue weighted by molar-refractivity contribution is 0.0536. The number of benzene rings is 1. The Balaban J connectivity index is 3.09. The Morgan fingerprint density at radius 3 is 2.19 bits per heavy atom. The van der Waals surface area contributed by atoms with E-state index < -0.39 is 13.9 Å². The van der Waals surface area contributed by atoms with Crippen LogP contribution in [-0.4, -0.2) is 4.89 Å². The molecule has 1 atom stereocenters. The fourth-order valence-electron chi connectivity index (χ4n) is 1.82. The fourth-order valence-corrected chi connectivity index (χ4v) is 2.56. The average molecular weight is 243 g/mol. The molecule has 1 aromatic rings. The third kappa shape index (κ3) is 2.85. The van der Waals surface area contributed by atoms with Gasteiger partial charge in [-0.1, -0.05) is 26.0 Å². The zero-order valence-corrected chi connectivity index (χ0v) is 10.6. The highest BCUT2D eigenvalue weighted by molar-refractivity contribution is 7.32. The molecule has 0 aliphatic rings. The van der Waals surface area contributed by atoms with E-state index in [9.17, 15) is 4.57 Å². The Bertz CT molecular complexity index is 360. The quantitative estimate of drug-likeness (QED) is 0.616. The van der Waals surface area contributed by atoms with Gasteiger partial charge in [-0.05, 0) is 30.5 Å². The minimum Gasteiger partial charge on any atom is -0.399 e. The van der Waals surface area contributed by atoms with Crippen LogP contribution in [0, 0.1) is 0 Å². The minimum atomic E-state index is -2.95. The molecule has 4 nitrogen and oxygen atoms in total. The van der Waals surface area contributed by atoms with Crippen LogP contribution in [0.2, 0.25) is 0 Å². The monoisotopic (exact) mass is 243 g/mol. The second kappa shape index (κ2) is 5.48. The van der Waals surface area contributed by atoms with Gasteiger partial charge in [0.2, 0.25) is 0 Å². The Morgan fingerprint density at radius 2 is 1.81 bits per heavy atom. The highest BCUT2D eigenvalue weighted by atomic mass is 31.1. The van der Waals surface area contributed by atoms with E-state index in [4.69, 9.17) is 15.2 Å². The molecule has 0 fully saturated rings. The SMILES string of the molecule is CCC(CC)(O[PH](=O)O)c1ccc(N)cc1. The third-order valence-corrected chi connectivity index (χ3v) is 3.43. The van der Waals surface area contributed by atoms with E-state index in [0.717, 1.165) is 5.56 Å². The molecule has 3 N–H and O–H groups in total.